The summed E-state index contributed by atoms with van der Waals surface area (Å²) < 4.78 is 50.6. The van der Waals surface area contributed by atoms with Gasteiger partial charge in [-0.25, -0.2) is 13.7 Å². The summed E-state index contributed by atoms with van der Waals surface area (Å²) in [7, 11) is -16.7. The third-order valence-electron chi connectivity index (χ3n) is 3.79. The Morgan fingerprint density at radius 3 is 2.37 bits per heavy atom. The number of aliphatic hydroxyl groups excluding tert-OH is 1. The highest BCUT2D eigenvalue weighted by Gasteiger charge is 2.55. The van der Waals surface area contributed by atoms with Gasteiger partial charge >= 0.3 is 23.5 Å². The average molecular weight is 496 g/mol. The third-order valence-corrected chi connectivity index (χ3v) is 7.59. The van der Waals surface area contributed by atoms with Gasteiger partial charge < -0.3 is 44.7 Å². The lowest BCUT2D eigenvalue weighted by Crippen LogP contribution is -2.53. The van der Waals surface area contributed by atoms with E-state index < -0.39 is 60.0 Å². The summed E-state index contributed by atoms with van der Waals surface area (Å²) in [5, 5.41) is 23.2. The highest BCUT2D eigenvalue weighted by molar-refractivity contribution is 7.66. The van der Waals surface area contributed by atoms with E-state index in [-0.39, 0.29) is 5.82 Å². The highest BCUT2D eigenvalue weighted by atomic mass is 31.3. The van der Waals surface area contributed by atoms with Crippen molar-refractivity contribution in [2.24, 2.45) is 0 Å². The van der Waals surface area contributed by atoms with Crippen molar-refractivity contribution >= 4 is 29.4 Å². The number of phosphoric acid groups is 3. The zero-order valence-corrected chi connectivity index (χ0v) is 17.7. The highest BCUT2D eigenvalue weighted by Crippen LogP contribution is 2.66. The monoisotopic (exact) mass is 496 g/mol. The van der Waals surface area contributed by atoms with Crippen LogP contribution in [0.15, 0.2) is 24.7 Å². The summed E-state index contributed by atoms with van der Waals surface area (Å²) in [5.74, 6) is -0.507. The first-order valence-electron chi connectivity index (χ1n) is 7.74. The molecule has 0 aliphatic carbocycles. The predicted octanol–water partition coefficient (Wildman–Crippen LogP) is -1.42. The molecule has 7 N–H and O–H groups in total. The molecule has 172 valence electrons. The van der Waals surface area contributed by atoms with Gasteiger partial charge in [-0.3, -0.25) is 9.32 Å². The SMILES string of the molecule is C=C1NC(=O)C=CN1[C@@H]1O[C@H](COP(=O)(O)OP(=O)(O)OP(=O)(O)O)[C@@H](O)[C@@]1(C)O. The summed E-state index contributed by atoms with van der Waals surface area (Å²) in [6, 6.07) is 0. The Hall–Kier alpha value is -0.960. The molecule has 0 aromatic heterocycles. The van der Waals surface area contributed by atoms with Crippen molar-refractivity contribution < 1.29 is 66.2 Å². The van der Waals surface area contributed by atoms with Crippen molar-refractivity contribution in [1.82, 2.24) is 10.2 Å². The molecule has 0 spiro atoms. The molecule has 0 bridgehead atoms. The van der Waals surface area contributed by atoms with Crippen LogP contribution in [0.3, 0.4) is 0 Å². The summed E-state index contributed by atoms with van der Waals surface area (Å²) in [6.07, 6.45) is -2.27. The van der Waals surface area contributed by atoms with Gasteiger partial charge in [0.15, 0.2) is 6.23 Å². The van der Waals surface area contributed by atoms with Crippen LogP contribution in [-0.2, 0) is 36.4 Å². The Labute approximate surface area is 168 Å². The normalized spacial score (nSPS) is 33.8. The Morgan fingerprint density at radius 1 is 1.23 bits per heavy atom. The van der Waals surface area contributed by atoms with E-state index in [1.807, 2.05) is 0 Å². The van der Waals surface area contributed by atoms with Crippen LogP contribution in [-0.4, -0.2) is 71.2 Å². The van der Waals surface area contributed by atoms with Crippen molar-refractivity contribution in [3.8, 4) is 0 Å². The lowest BCUT2D eigenvalue weighted by Gasteiger charge is -2.37. The first-order chi connectivity index (χ1) is 13.4. The first kappa shape index (κ1) is 25.3. The van der Waals surface area contributed by atoms with Gasteiger partial charge in [0.1, 0.15) is 23.6 Å². The number of hydrogen-bond donors (Lipinski definition) is 7. The van der Waals surface area contributed by atoms with Gasteiger partial charge in [-0.2, -0.15) is 8.62 Å². The van der Waals surface area contributed by atoms with Crippen molar-refractivity contribution in [3.05, 3.63) is 24.7 Å². The van der Waals surface area contributed by atoms with Crippen molar-refractivity contribution in [1.29, 1.82) is 0 Å². The summed E-state index contributed by atoms with van der Waals surface area (Å²) in [5.41, 5.74) is -2.01. The molecule has 2 heterocycles. The number of phosphoric ester groups is 1. The van der Waals surface area contributed by atoms with Crippen LogP contribution < -0.4 is 5.32 Å². The molecule has 1 amide bonds. The second kappa shape index (κ2) is 8.52. The maximum atomic E-state index is 11.8. The van der Waals surface area contributed by atoms with Gasteiger partial charge in [-0.15, -0.1) is 0 Å². The number of rotatable bonds is 8. The van der Waals surface area contributed by atoms with Gasteiger partial charge in [0.05, 0.1) is 6.61 Å². The molecular weight excluding hydrogens is 477 g/mol. The van der Waals surface area contributed by atoms with Gasteiger partial charge in [0.25, 0.3) is 5.91 Å². The molecule has 6 atom stereocenters. The summed E-state index contributed by atoms with van der Waals surface area (Å²) in [6.45, 7) is 3.74. The van der Waals surface area contributed by atoms with E-state index >= 15 is 0 Å². The lowest BCUT2D eigenvalue weighted by molar-refractivity contribution is -0.124. The zero-order chi connectivity index (χ0) is 23.1. The number of amides is 1. The van der Waals surface area contributed by atoms with E-state index in [9.17, 15) is 33.6 Å². The fourth-order valence-electron chi connectivity index (χ4n) is 2.55. The van der Waals surface area contributed by atoms with Crippen LogP contribution in [0.5, 0.6) is 0 Å². The largest absolute Gasteiger partial charge is 0.490 e. The molecule has 30 heavy (non-hydrogen) atoms. The van der Waals surface area contributed by atoms with Crippen LogP contribution in [0, 0.1) is 0 Å². The second-order valence-corrected chi connectivity index (χ2v) is 10.7. The number of nitrogens with zero attached hydrogens (tertiary/aromatic N) is 1. The molecule has 19 heteroatoms. The zero-order valence-electron chi connectivity index (χ0n) is 15.0. The number of aliphatic hydroxyl groups is 2. The Balaban J connectivity index is 2.07. The van der Waals surface area contributed by atoms with Gasteiger partial charge in [0.2, 0.25) is 0 Å². The molecule has 2 rings (SSSR count). The van der Waals surface area contributed by atoms with Gasteiger partial charge in [-0.1, -0.05) is 6.58 Å². The third kappa shape index (κ3) is 6.28. The van der Waals surface area contributed by atoms with E-state index in [0.29, 0.717) is 0 Å². The molecule has 2 aliphatic rings. The number of hydrogen-bond acceptors (Lipinski definition) is 11. The minimum atomic E-state index is -5.71. The summed E-state index contributed by atoms with van der Waals surface area (Å²) >= 11 is 0. The van der Waals surface area contributed by atoms with Crippen molar-refractivity contribution in [3.63, 3.8) is 0 Å². The quantitative estimate of drug-likeness (QED) is 0.191. The Morgan fingerprint density at radius 2 is 1.83 bits per heavy atom. The van der Waals surface area contributed by atoms with Crippen LogP contribution in [0.25, 0.3) is 0 Å². The smallest absolute Gasteiger partial charge is 0.387 e. The van der Waals surface area contributed by atoms with Crippen molar-refractivity contribution in [2.45, 2.75) is 31.0 Å². The molecule has 0 aromatic rings. The number of nitrogens with one attached hydrogen (secondary N) is 1. The van der Waals surface area contributed by atoms with E-state index in [2.05, 4.69) is 25.0 Å². The molecule has 16 nitrogen and oxygen atoms in total. The fourth-order valence-corrected chi connectivity index (χ4v) is 5.58. The van der Waals surface area contributed by atoms with Crippen molar-refractivity contribution in [2.75, 3.05) is 6.61 Å². The van der Waals surface area contributed by atoms with E-state index in [1.165, 1.54) is 6.20 Å². The molecule has 1 saturated heterocycles. The molecular formula is C11H19N2O14P3. The minimum Gasteiger partial charge on any atom is -0.387 e. The first-order valence-corrected chi connectivity index (χ1v) is 12.3. The number of carbonyl (C=O) groups excluding carboxylic acids is 1. The summed E-state index contributed by atoms with van der Waals surface area (Å²) in [4.78, 5) is 48.0. The van der Waals surface area contributed by atoms with Gasteiger partial charge in [-0.05, 0) is 6.92 Å². The molecule has 0 aromatic carbocycles. The Bertz CT molecular complexity index is 882. The van der Waals surface area contributed by atoms with Gasteiger partial charge in [0, 0.05) is 12.3 Å². The van der Waals surface area contributed by atoms with Crippen LogP contribution in [0.1, 0.15) is 6.92 Å². The topological polar surface area (TPSA) is 242 Å². The fraction of sp³-hybridized carbons (Fsp3) is 0.545. The number of carbonyl (C=O) groups is 1. The lowest BCUT2D eigenvalue weighted by atomic mass is 9.96. The molecule has 2 unspecified atom stereocenters. The average Bonchev–Trinajstić information content (AvgIpc) is 2.73. The van der Waals surface area contributed by atoms with E-state index in [1.54, 1.807) is 0 Å². The van der Waals surface area contributed by atoms with Crippen LogP contribution in [0.2, 0.25) is 0 Å². The molecule has 2 aliphatic heterocycles. The van der Waals surface area contributed by atoms with E-state index in [0.717, 1.165) is 17.9 Å². The number of ether oxygens (including phenoxy) is 1. The van der Waals surface area contributed by atoms with E-state index in [4.69, 9.17) is 19.4 Å². The second-order valence-electron chi connectivity index (χ2n) is 6.24. The molecule has 1 fully saturated rings. The molecule has 0 saturated carbocycles. The minimum absolute atomic E-state index is 0.00601. The maximum absolute atomic E-state index is 11.8. The predicted molar refractivity (Wildman–Crippen MR) is 93.4 cm³/mol. The van der Waals surface area contributed by atoms with Crippen LogP contribution in [0.4, 0.5) is 0 Å². The van der Waals surface area contributed by atoms with Crippen LogP contribution >= 0.6 is 23.5 Å². The maximum Gasteiger partial charge on any atom is 0.490 e. The Kier molecular flexibility index (Phi) is 7.19. The molecule has 0 radical (unpaired) electrons. The standard InChI is InChI=1S/C11H19N2O14P3/c1-6-12-8(14)3-4-13(6)10-11(2,16)9(15)7(25-10)5-24-29(20,21)27-30(22,23)26-28(17,18)19/h3-4,7,9-10,15-16H,1,5H2,2H3,(H,12,14)(H,20,21)(H,22,23)(H2,17,18,19)/t7-,9-,10-,11-/m1/s1.